The van der Waals surface area contributed by atoms with Gasteiger partial charge in [-0.05, 0) is 25.8 Å². The largest absolute Gasteiger partial charge is 0.354 e. The van der Waals surface area contributed by atoms with Gasteiger partial charge < -0.3 is 15.1 Å². The molecule has 2 aliphatic rings. The molecule has 1 atom stereocenters. The summed E-state index contributed by atoms with van der Waals surface area (Å²) in [5.41, 5.74) is 1.04. The Labute approximate surface area is 125 Å². The quantitative estimate of drug-likeness (QED) is 0.878. The van der Waals surface area contributed by atoms with Crippen LogP contribution in [0.2, 0.25) is 0 Å². The van der Waals surface area contributed by atoms with Crippen molar-refractivity contribution in [2.45, 2.75) is 32.2 Å². The molecule has 2 fully saturated rings. The molecule has 21 heavy (non-hydrogen) atoms. The highest BCUT2D eigenvalue weighted by molar-refractivity contribution is 5.73. The van der Waals surface area contributed by atoms with Gasteiger partial charge in [0.1, 0.15) is 5.82 Å². The lowest BCUT2D eigenvalue weighted by Gasteiger charge is -2.22. The second kappa shape index (κ2) is 6.39. The summed E-state index contributed by atoms with van der Waals surface area (Å²) in [7, 11) is 0. The molecule has 0 aromatic carbocycles. The van der Waals surface area contributed by atoms with Crippen LogP contribution >= 0.6 is 0 Å². The van der Waals surface area contributed by atoms with Crippen LogP contribution in [0.1, 0.15) is 37.9 Å². The Balaban J connectivity index is 1.65. The average molecular weight is 289 g/mol. The maximum atomic E-state index is 11.5. The molecule has 0 unspecified atom stereocenters. The third kappa shape index (κ3) is 3.32. The minimum Gasteiger partial charge on any atom is -0.354 e. The van der Waals surface area contributed by atoms with E-state index in [2.05, 4.69) is 20.2 Å². The van der Waals surface area contributed by atoms with Crippen molar-refractivity contribution in [1.82, 2.24) is 20.2 Å². The van der Waals surface area contributed by atoms with Crippen molar-refractivity contribution < 1.29 is 4.79 Å². The minimum absolute atomic E-state index is 0.158. The van der Waals surface area contributed by atoms with E-state index in [-0.39, 0.29) is 5.91 Å². The minimum atomic E-state index is 0.158. The average Bonchev–Trinajstić information content (AvgIpc) is 2.91. The van der Waals surface area contributed by atoms with Crippen LogP contribution in [0.15, 0.2) is 12.4 Å². The van der Waals surface area contributed by atoms with E-state index in [9.17, 15) is 4.79 Å². The van der Waals surface area contributed by atoms with Gasteiger partial charge in [-0.3, -0.25) is 9.78 Å². The lowest BCUT2D eigenvalue weighted by Crippen LogP contribution is -2.33. The molecule has 3 heterocycles. The topological polar surface area (TPSA) is 61.4 Å². The molecule has 1 amide bonds. The number of anilines is 1. The first-order chi connectivity index (χ1) is 10.2. The first kappa shape index (κ1) is 14.3. The summed E-state index contributed by atoms with van der Waals surface area (Å²) >= 11 is 0. The van der Waals surface area contributed by atoms with Crippen molar-refractivity contribution in [3.8, 4) is 0 Å². The van der Waals surface area contributed by atoms with Crippen LogP contribution in [-0.4, -0.2) is 53.5 Å². The summed E-state index contributed by atoms with van der Waals surface area (Å²) in [4.78, 5) is 24.7. The van der Waals surface area contributed by atoms with Gasteiger partial charge in [-0.15, -0.1) is 0 Å². The van der Waals surface area contributed by atoms with Gasteiger partial charge in [-0.25, -0.2) is 4.98 Å². The molecule has 0 aliphatic carbocycles. The molecule has 0 spiro atoms. The van der Waals surface area contributed by atoms with Crippen LogP contribution < -0.4 is 10.2 Å². The molecule has 1 N–H and O–H groups in total. The zero-order valence-corrected chi connectivity index (χ0v) is 12.6. The number of amides is 1. The van der Waals surface area contributed by atoms with Gasteiger partial charge in [0.2, 0.25) is 5.91 Å². The van der Waals surface area contributed by atoms with Crippen LogP contribution in [0.5, 0.6) is 0 Å². The van der Waals surface area contributed by atoms with Crippen molar-refractivity contribution in [2.24, 2.45) is 0 Å². The zero-order valence-electron chi connectivity index (χ0n) is 12.6. The predicted octanol–water partition coefficient (Wildman–Crippen LogP) is 0.960. The summed E-state index contributed by atoms with van der Waals surface area (Å²) in [5.74, 6) is 1.08. The SMILES string of the molecule is CC(=O)N1CCCN(c2cnc([C@@H]3CCCN3)cn2)CC1. The van der Waals surface area contributed by atoms with E-state index in [1.807, 2.05) is 17.3 Å². The summed E-state index contributed by atoms with van der Waals surface area (Å²) < 4.78 is 0. The van der Waals surface area contributed by atoms with E-state index >= 15 is 0 Å². The third-order valence-corrected chi connectivity index (χ3v) is 4.34. The van der Waals surface area contributed by atoms with E-state index in [1.54, 1.807) is 6.92 Å². The first-order valence-electron chi connectivity index (χ1n) is 7.80. The van der Waals surface area contributed by atoms with Crippen molar-refractivity contribution >= 4 is 11.7 Å². The smallest absolute Gasteiger partial charge is 0.219 e. The number of nitrogens with one attached hydrogen (secondary N) is 1. The van der Waals surface area contributed by atoms with Gasteiger partial charge in [0.15, 0.2) is 0 Å². The van der Waals surface area contributed by atoms with Crippen molar-refractivity contribution in [2.75, 3.05) is 37.6 Å². The van der Waals surface area contributed by atoms with Gasteiger partial charge >= 0.3 is 0 Å². The van der Waals surface area contributed by atoms with Gasteiger partial charge in [0.25, 0.3) is 0 Å². The second-order valence-electron chi connectivity index (χ2n) is 5.80. The number of carbonyl (C=O) groups is 1. The molecule has 6 heteroatoms. The Hall–Kier alpha value is -1.69. The Bertz CT molecular complexity index is 483. The Morgan fingerprint density at radius 2 is 2.10 bits per heavy atom. The lowest BCUT2D eigenvalue weighted by atomic mass is 10.2. The van der Waals surface area contributed by atoms with Gasteiger partial charge in [-0.1, -0.05) is 0 Å². The predicted molar refractivity (Wildman–Crippen MR) is 81.1 cm³/mol. The fourth-order valence-electron chi connectivity index (χ4n) is 3.07. The monoisotopic (exact) mass is 289 g/mol. The number of hydrogen-bond acceptors (Lipinski definition) is 5. The van der Waals surface area contributed by atoms with E-state index in [1.165, 1.54) is 6.42 Å². The standard InChI is InChI=1S/C15H23N5O/c1-12(21)19-6-3-7-20(9-8-19)15-11-17-14(10-18-15)13-4-2-5-16-13/h10-11,13,16H,2-9H2,1H3/t13-/m0/s1. The van der Waals surface area contributed by atoms with Crippen LogP contribution in [0.25, 0.3) is 0 Å². The second-order valence-corrected chi connectivity index (χ2v) is 5.80. The lowest BCUT2D eigenvalue weighted by molar-refractivity contribution is -0.128. The molecule has 0 saturated carbocycles. The Morgan fingerprint density at radius 3 is 2.76 bits per heavy atom. The van der Waals surface area contributed by atoms with Gasteiger partial charge in [0.05, 0.1) is 24.1 Å². The van der Waals surface area contributed by atoms with Crippen LogP contribution in [-0.2, 0) is 4.79 Å². The van der Waals surface area contributed by atoms with Gasteiger partial charge in [-0.2, -0.15) is 0 Å². The van der Waals surface area contributed by atoms with Crippen LogP contribution in [0.4, 0.5) is 5.82 Å². The molecule has 2 aliphatic heterocycles. The highest BCUT2D eigenvalue weighted by Gasteiger charge is 2.20. The Kier molecular flexibility index (Phi) is 4.34. The highest BCUT2D eigenvalue weighted by Crippen LogP contribution is 2.21. The Morgan fingerprint density at radius 1 is 1.19 bits per heavy atom. The number of hydrogen-bond donors (Lipinski definition) is 1. The van der Waals surface area contributed by atoms with Crippen LogP contribution in [0, 0.1) is 0 Å². The summed E-state index contributed by atoms with van der Waals surface area (Å²) in [6, 6.07) is 0.365. The van der Waals surface area contributed by atoms with E-state index in [4.69, 9.17) is 0 Å². The maximum Gasteiger partial charge on any atom is 0.219 e. The molecular weight excluding hydrogens is 266 g/mol. The highest BCUT2D eigenvalue weighted by atomic mass is 16.2. The van der Waals surface area contributed by atoms with Crippen molar-refractivity contribution in [1.29, 1.82) is 0 Å². The van der Waals surface area contributed by atoms with E-state index in [0.717, 1.165) is 57.1 Å². The number of nitrogens with zero attached hydrogens (tertiary/aromatic N) is 4. The fraction of sp³-hybridized carbons (Fsp3) is 0.667. The van der Waals surface area contributed by atoms with E-state index < -0.39 is 0 Å². The molecule has 1 aromatic rings. The molecule has 114 valence electrons. The fourth-order valence-corrected chi connectivity index (χ4v) is 3.07. The number of rotatable bonds is 2. The molecule has 2 saturated heterocycles. The summed E-state index contributed by atoms with van der Waals surface area (Å²) in [6.07, 6.45) is 7.10. The molecule has 0 radical (unpaired) electrons. The summed E-state index contributed by atoms with van der Waals surface area (Å²) in [5, 5.41) is 3.44. The molecule has 3 rings (SSSR count). The number of carbonyl (C=O) groups excluding carboxylic acids is 1. The number of aromatic nitrogens is 2. The molecular formula is C15H23N5O. The molecule has 1 aromatic heterocycles. The van der Waals surface area contributed by atoms with Crippen molar-refractivity contribution in [3.63, 3.8) is 0 Å². The summed E-state index contributed by atoms with van der Waals surface area (Å²) in [6.45, 7) is 6.07. The van der Waals surface area contributed by atoms with Crippen molar-refractivity contribution in [3.05, 3.63) is 18.1 Å². The molecule has 6 nitrogen and oxygen atoms in total. The maximum absolute atomic E-state index is 11.5. The van der Waals surface area contributed by atoms with E-state index in [0.29, 0.717) is 6.04 Å². The molecule has 0 bridgehead atoms. The van der Waals surface area contributed by atoms with Crippen LogP contribution in [0.3, 0.4) is 0 Å². The zero-order chi connectivity index (χ0) is 14.7. The normalized spacial score (nSPS) is 23.2. The third-order valence-electron chi connectivity index (χ3n) is 4.34. The first-order valence-corrected chi connectivity index (χ1v) is 7.80. The van der Waals surface area contributed by atoms with Gasteiger partial charge in [0, 0.05) is 33.1 Å².